The van der Waals surface area contributed by atoms with Crippen molar-refractivity contribution in [2.24, 2.45) is 16.3 Å². The Hall–Kier alpha value is -2.04. The SMILES string of the molecule is CCC(C)(C(=O)Nc1ccccc1C(C)C)/C(N)=N/O. The Morgan fingerprint density at radius 2 is 2.05 bits per heavy atom. The van der Waals surface area contributed by atoms with Gasteiger partial charge in [-0.3, -0.25) is 4.79 Å². The Morgan fingerprint density at radius 3 is 2.55 bits per heavy atom. The Kier molecular flexibility index (Phi) is 5.13. The highest BCUT2D eigenvalue weighted by Gasteiger charge is 2.36. The number of hydrogen-bond donors (Lipinski definition) is 3. The van der Waals surface area contributed by atoms with Crippen molar-refractivity contribution < 1.29 is 10.0 Å². The number of para-hydroxylation sites is 1. The summed E-state index contributed by atoms with van der Waals surface area (Å²) in [6.45, 7) is 7.61. The molecule has 0 saturated heterocycles. The van der Waals surface area contributed by atoms with Crippen LogP contribution < -0.4 is 11.1 Å². The summed E-state index contributed by atoms with van der Waals surface area (Å²) in [7, 11) is 0. The van der Waals surface area contributed by atoms with E-state index in [0.717, 1.165) is 11.3 Å². The molecule has 0 radical (unpaired) electrons. The van der Waals surface area contributed by atoms with Crippen LogP contribution in [0.25, 0.3) is 0 Å². The minimum atomic E-state index is -1.03. The number of amidine groups is 1. The summed E-state index contributed by atoms with van der Waals surface area (Å²) in [5, 5.41) is 14.7. The topological polar surface area (TPSA) is 87.7 Å². The number of rotatable bonds is 5. The average Bonchev–Trinajstić information content (AvgIpc) is 2.45. The minimum Gasteiger partial charge on any atom is -0.409 e. The molecule has 5 nitrogen and oxygen atoms in total. The molecule has 0 aliphatic rings. The predicted octanol–water partition coefficient (Wildman–Crippen LogP) is 2.91. The molecule has 0 saturated carbocycles. The molecule has 20 heavy (non-hydrogen) atoms. The first kappa shape index (κ1) is 16.0. The van der Waals surface area contributed by atoms with Gasteiger partial charge in [0.1, 0.15) is 5.41 Å². The monoisotopic (exact) mass is 277 g/mol. The van der Waals surface area contributed by atoms with Gasteiger partial charge in [0.05, 0.1) is 0 Å². The molecule has 0 bridgehead atoms. The largest absolute Gasteiger partial charge is 0.409 e. The molecule has 4 N–H and O–H groups in total. The second-order valence-corrected chi connectivity index (χ2v) is 5.37. The Morgan fingerprint density at radius 1 is 1.45 bits per heavy atom. The summed E-state index contributed by atoms with van der Waals surface area (Å²) in [5.41, 5.74) is 6.44. The molecule has 0 aliphatic carbocycles. The van der Waals surface area contributed by atoms with Crippen molar-refractivity contribution in [3.63, 3.8) is 0 Å². The molecular formula is C15H23N3O2. The standard InChI is InChI=1S/C15H23N3O2/c1-5-15(4,13(16)18-20)14(19)17-12-9-7-6-8-11(12)10(2)3/h6-10,20H,5H2,1-4H3,(H2,16,18)(H,17,19). The lowest BCUT2D eigenvalue weighted by Gasteiger charge is -2.26. The van der Waals surface area contributed by atoms with Gasteiger partial charge in [0.25, 0.3) is 0 Å². The summed E-state index contributed by atoms with van der Waals surface area (Å²) in [6.07, 6.45) is 0.443. The van der Waals surface area contributed by atoms with Crippen molar-refractivity contribution in [3.8, 4) is 0 Å². The highest BCUT2D eigenvalue weighted by atomic mass is 16.4. The maximum Gasteiger partial charge on any atom is 0.238 e. The average molecular weight is 277 g/mol. The lowest BCUT2D eigenvalue weighted by Crippen LogP contribution is -2.44. The van der Waals surface area contributed by atoms with Crippen LogP contribution in [0.5, 0.6) is 0 Å². The quantitative estimate of drug-likeness (QED) is 0.334. The molecule has 110 valence electrons. The van der Waals surface area contributed by atoms with Gasteiger partial charge in [-0.15, -0.1) is 0 Å². The summed E-state index contributed by atoms with van der Waals surface area (Å²) in [4.78, 5) is 12.5. The molecule has 1 amide bonds. The number of carbonyl (C=O) groups is 1. The molecule has 0 aromatic heterocycles. The number of amides is 1. The van der Waals surface area contributed by atoms with Crippen molar-refractivity contribution in [3.05, 3.63) is 29.8 Å². The number of hydrogen-bond acceptors (Lipinski definition) is 3. The molecule has 1 atom stereocenters. The van der Waals surface area contributed by atoms with Gasteiger partial charge in [0.2, 0.25) is 5.91 Å². The number of carbonyl (C=O) groups excluding carboxylic acids is 1. The third kappa shape index (κ3) is 3.10. The van der Waals surface area contributed by atoms with Gasteiger partial charge in [-0.1, -0.05) is 44.1 Å². The third-order valence-corrected chi connectivity index (χ3v) is 3.71. The van der Waals surface area contributed by atoms with Gasteiger partial charge >= 0.3 is 0 Å². The van der Waals surface area contributed by atoms with E-state index in [2.05, 4.69) is 24.3 Å². The lowest BCUT2D eigenvalue weighted by atomic mass is 9.85. The van der Waals surface area contributed by atoms with E-state index in [9.17, 15) is 4.79 Å². The van der Waals surface area contributed by atoms with Crippen LogP contribution >= 0.6 is 0 Å². The van der Waals surface area contributed by atoms with Gasteiger partial charge in [-0.25, -0.2) is 0 Å². The molecular weight excluding hydrogens is 254 g/mol. The number of oxime groups is 1. The van der Waals surface area contributed by atoms with Gasteiger partial charge in [0.15, 0.2) is 5.84 Å². The number of nitrogens with two attached hydrogens (primary N) is 1. The van der Waals surface area contributed by atoms with E-state index in [1.165, 1.54) is 0 Å². The molecule has 0 aliphatic heterocycles. The fourth-order valence-corrected chi connectivity index (χ4v) is 1.94. The molecule has 5 heteroatoms. The van der Waals surface area contributed by atoms with Crippen LogP contribution in [-0.4, -0.2) is 17.0 Å². The fraction of sp³-hybridized carbons (Fsp3) is 0.467. The van der Waals surface area contributed by atoms with Crippen LogP contribution in [-0.2, 0) is 4.79 Å². The first-order valence-corrected chi connectivity index (χ1v) is 6.75. The Labute approximate surface area is 119 Å². The normalized spacial score (nSPS) is 14.9. The van der Waals surface area contributed by atoms with Crippen LogP contribution in [0.4, 0.5) is 5.69 Å². The Balaban J connectivity index is 3.07. The van der Waals surface area contributed by atoms with E-state index in [1.807, 2.05) is 31.2 Å². The van der Waals surface area contributed by atoms with Crippen molar-refractivity contribution in [2.45, 2.75) is 40.0 Å². The van der Waals surface area contributed by atoms with Crippen LogP contribution in [0, 0.1) is 5.41 Å². The molecule has 1 unspecified atom stereocenters. The van der Waals surface area contributed by atoms with Crippen LogP contribution in [0.1, 0.15) is 45.6 Å². The predicted molar refractivity (Wildman–Crippen MR) is 81.0 cm³/mol. The van der Waals surface area contributed by atoms with Crippen LogP contribution in [0.3, 0.4) is 0 Å². The van der Waals surface area contributed by atoms with E-state index in [-0.39, 0.29) is 11.7 Å². The van der Waals surface area contributed by atoms with Crippen molar-refractivity contribution in [2.75, 3.05) is 5.32 Å². The lowest BCUT2D eigenvalue weighted by molar-refractivity contribution is -0.121. The third-order valence-electron chi connectivity index (χ3n) is 3.71. The minimum absolute atomic E-state index is 0.0838. The van der Waals surface area contributed by atoms with E-state index in [4.69, 9.17) is 10.9 Å². The van der Waals surface area contributed by atoms with Crippen molar-refractivity contribution in [1.29, 1.82) is 0 Å². The second-order valence-electron chi connectivity index (χ2n) is 5.37. The van der Waals surface area contributed by atoms with Crippen molar-refractivity contribution in [1.82, 2.24) is 0 Å². The smallest absolute Gasteiger partial charge is 0.238 e. The number of nitrogens with zero attached hydrogens (tertiary/aromatic N) is 1. The molecule has 1 aromatic rings. The summed E-state index contributed by atoms with van der Waals surface area (Å²) < 4.78 is 0. The van der Waals surface area contributed by atoms with E-state index in [1.54, 1.807) is 6.92 Å². The van der Waals surface area contributed by atoms with Gasteiger partial charge in [0, 0.05) is 5.69 Å². The molecule has 0 fully saturated rings. The fourth-order valence-electron chi connectivity index (χ4n) is 1.94. The van der Waals surface area contributed by atoms with E-state index < -0.39 is 5.41 Å². The van der Waals surface area contributed by atoms with Gasteiger partial charge < -0.3 is 16.3 Å². The molecule has 0 spiro atoms. The maximum atomic E-state index is 12.5. The maximum absolute atomic E-state index is 12.5. The molecule has 1 rings (SSSR count). The number of benzene rings is 1. The summed E-state index contributed by atoms with van der Waals surface area (Å²) in [6, 6.07) is 7.64. The second kappa shape index (κ2) is 6.41. The first-order chi connectivity index (χ1) is 9.36. The van der Waals surface area contributed by atoms with Gasteiger partial charge in [-0.05, 0) is 30.9 Å². The zero-order valence-electron chi connectivity index (χ0n) is 12.5. The Bertz CT molecular complexity index is 512. The van der Waals surface area contributed by atoms with E-state index >= 15 is 0 Å². The summed E-state index contributed by atoms with van der Waals surface area (Å²) >= 11 is 0. The van der Waals surface area contributed by atoms with Crippen molar-refractivity contribution >= 4 is 17.4 Å². The zero-order chi connectivity index (χ0) is 15.3. The van der Waals surface area contributed by atoms with E-state index in [0.29, 0.717) is 12.3 Å². The highest BCUT2D eigenvalue weighted by Crippen LogP contribution is 2.28. The highest BCUT2D eigenvalue weighted by molar-refractivity contribution is 6.11. The summed E-state index contributed by atoms with van der Waals surface area (Å²) in [5.74, 6) is -0.0637. The van der Waals surface area contributed by atoms with Gasteiger partial charge in [-0.2, -0.15) is 0 Å². The van der Waals surface area contributed by atoms with Crippen LogP contribution in [0.2, 0.25) is 0 Å². The van der Waals surface area contributed by atoms with Crippen LogP contribution in [0.15, 0.2) is 29.4 Å². The first-order valence-electron chi connectivity index (χ1n) is 6.75. The molecule has 0 heterocycles. The number of nitrogens with one attached hydrogen (secondary N) is 1. The molecule has 1 aromatic carbocycles. The number of anilines is 1. The zero-order valence-corrected chi connectivity index (χ0v) is 12.5.